The summed E-state index contributed by atoms with van der Waals surface area (Å²) in [7, 11) is 0. The zero-order chi connectivity index (χ0) is 15.1. The van der Waals surface area contributed by atoms with Crippen LogP contribution in [0.25, 0.3) is 0 Å². The largest absolute Gasteiger partial charge is 0.478 e. The molecule has 0 radical (unpaired) electrons. The third-order valence-corrected chi connectivity index (χ3v) is 2.28. The Morgan fingerprint density at radius 3 is 2.55 bits per heavy atom. The maximum absolute atomic E-state index is 13.1. The van der Waals surface area contributed by atoms with Crippen LogP contribution < -0.4 is 10.6 Å². The summed E-state index contributed by atoms with van der Waals surface area (Å²) in [5.74, 6) is -4.03. The zero-order valence-corrected chi connectivity index (χ0v) is 10.7. The standard InChI is InChI=1S/C12H14F2N2O4/c1-2-20-4-3-15-12(19)16-10-6-9(14)8(13)5-7(10)11(17)18/h5-6H,2-4H2,1H3,(H,17,18)(H2,15,16,19). The number of ether oxygens (including phenoxy) is 1. The number of rotatable bonds is 6. The number of halogens is 2. The van der Waals surface area contributed by atoms with E-state index in [9.17, 15) is 18.4 Å². The predicted molar refractivity (Wildman–Crippen MR) is 66.8 cm³/mol. The van der Waals surface area contributed by atoms with Gasteiger partial charge in [-0.2, -0.15) is 0 Å². The minimum Gasteiger partial charge on any atom is -0.478 e. The highest BCUT2D eigenvalue weighted by atomic mass is 19.2. The Hall–Kier alpha value is -2.22. The van der Waals surface area contributed by atoms with Crippen LogP contribution in [-0.2, 0) is 4.74 Å². The van der Waals surface area contributed by atoms with Crippen molar-refractivity contribution in [3.8, 4) is 0 Å². The first-order valence-corrected chi connectivity index (χ1v) is 5.80. The Morgan fingerprint density at radius 1 is 1.30 bits per heavy atom. The number of aromatic carboxylic acids is 1. The monoisotopic (exact) mass is 288 g/mol. The SMILES string of the molecule is CCOCCNC(=O)Nc1cc(F)c(F)cc1C(=O)O. The number of carboxylic acids is 1. The normalized spacial score (nSPS) is 10.2. The van der Waals surface area contributed by atoms with Gasteiger partial charge in [0.15, 0.2) is 11.6 Å². The van der Waals surface area contributed by atoms with Gasteiger partial charge in [0, 0.05) is 19.2 Å². The Bertz CT molecular complexity index is 508. The smallest absolute Gasteiger partial charge is 0.337 e. The topological polar surface area (TPSA) is 87.7 Å². The second-order valence-corrected chi connectivity index (χ2v) is 3.69. The van der Waals surface area contributed by atoms with Crippen molar-refractivity contribution in [1.82, 2.24) is 5.32 Å². The van der Waals surface area contributed by atoms with Crippen LogP contribution in [0, 0.1) is 11.6 Å². The molecule has 0 aromatic heterocycles. The van der Waals surface area contributed by atoms with Crippen LogP contribution in [0.2, 0.25) is 0 Å². The van der Waals surface area contributed by atoms with E-state index in [0.717, 1.165) is 0 Å². The third-order valence-electron chi connectivity index (χ3n) is 2.28. The fourth-order valence-electron chi connectivity index (χ4n) is 1.37. The molecule has 0 heterocycles. The number of amides is 2. The molecule has 0 saturated heterocycles. The summed E-state index contributed by atoms with van der Waals surface area (Å²) in [4.78, 5) is 22.3. The van der Waals surface area contributed by atoms with Crippen molar-refractivity contribution in [2.45, 2.75) is 6.92 Å². The van der Waals surface area contributed by atoms with Crippen molar-refractivity contribution in [2.75, 3.05) is 25.1 Å². The van der Waals surface area contributed by atoms with Crippen molar-refractivity contribution in [3.63, 3.8) is 0 Å². The summed E-state index contributed by atoms with van der Waals surface area (Å²) in [6.45, 7) is 2.77. The van der Waals surface area contributed by atoms with E-state index in [4.69, 9.17) is 9.84 Å². The van der Waals surface area contributed by atoms with E-state index in [1.54, 1.807) is 6.92 Å². The summed E-state index contributed by atoms with van der Waals surface area (Å²) in [5.41, 5.74) is -0.867. The molecule has 3 N–H and O–H groups in total. The highest BCUT2D eigenvalue weighted by Gasteiger charge is 2.16. The van der Waals surface area contributed by atoms with Gasteiger partial charge >= 0.3 is 12.0 Å². The van der Waals surface area contributed by atoms with Gasteiger partial charge < -0.3 is 20.5 Å². The van der Waals surface area contributed by atoms with Crippen LogP contribution in [0.4, 0.5) is 19.3 Å². The van der Waals surface area contributed by atoms with Crippen molar-refractivity contribution < 1.29 is 28.2 Å². The minimum absolute atomic E-state index is 0.200. The van der Waals surface area contributed by atoms with E-state index in [0.29, 0.717) is 18.7 Å². The number of urea groups is 1. The van der Waals surface area contributed by atoms with Crippen molar-refractivity contribution >= 4 is 17.7 Å². The molecule has 0 aliphatic carbocycles. The van der Waals surface area contributed by atoms with Crippen molar-refractivity contribution in [3.05, 3.63) is 29.3 Å². The maximum Gasteiger partial charge on any atom is 0.337 e. The molecule has 0 aliphatic heterocycles. The van der Waals surface area contributed by atoms with Crippen LogP contribution in [0.1, 0.15) is 17.3 Å². The molecule has 0 spiro atoms. The zero-order valence-electron chi connectivity index (χ0n) is 10.7. The van der Waals surface area contributed by atoms with Crippen LogP contribution >= 0.6 is 0 Å². The summed E-state index contributed by atoms with van der Waals surface area (Å²) in [5, 5.41) is 13.4. The van der Waals surface area contributed by atoms with Crippen molar-refractivity contribution in [1.29, 1.82) is 0 Å². The van der Waals surface area contributed by atoms with Crippen LogP contribution in [0.5, 0.6) is 0 Å². The summed E-state index contributed by atoms with van der Waals surface area (Å²) >= 11 is 0. The lowest BCUT2D eigenvalue weighted by Gasteiger charge is -2.10. The maximum atomic E-state index is 13.1. The lowest BCUT2D eigenvalue weighted by molar-refractivity contribution is 0.0697. The second-order valence-electron chi connectivity index (χ2n) is 3.69. The molecule has 1 aromatic rings. The first-order chi connectivity index (χ1) is 9.45. The number of anilines is 1. The quantitative estimate of drug-likeness (QED) is 0.697. The Balaban J connectivity index is 2.73. The molecule has 0 fully saturated rings. The number of carbonyl (C=O) groups is 2. The van der Waals surface area contributed by atoms with Gasteiger partial charge in [-0.3, -0.25) is 0 Å². The van der Waals surface area contributed by atoms with E-state index >= 15 is 0 Å². The van der Waals surface area contributed by atoms with Crippen LogP contribution in [-0.4, -0.2) is 36.9 Å². The Morgan fingerprint density at radius 2 is 1.95 bits per heavy atom. The minimum atomic E-state index is -1.48. The molecule has 8 heteroatoms. The van der Waals surface area contributed by atoms with E-state index in [-0.39, 0.29) is 18.8 Å². The third kappa shape index (κ3) is 4.47. The predicted octanol–water partition coefficient (Wildman–Crippen LogP) is 1.82. The molecule has 6 nitrogen and oxygen atoms in total. The van der Waals surface area contributed by atoms with Crippen molar-refractivity contribution in [2.24, 2.45) is 0 Å². The molecule has 0 aliphatic rings. The van der Waals surface area contributed by atoms with Gasteiger partial charge in [0.25, 0.3) is 0 Å². The van der Waals surface area contributed by atoms with Gasteiger partial charge in [-0.05, 0) is 13.0 Å². The summed E-state index contributed by atoms with van der Waals surface area (Å²) in [6, 6.07) is 0.382. The highest BCUT2D eigenvalue weighted by Crippen LogP contribution is 2.20. The lowest BCUT2D eigenvalue weighted by Crippen LogP contribution is -2.32. The number of nitrogens with one attached hydrogen (secondary N) is 2. The van der Waals surface area contributed by atoms with Gasteiger partial charge in [-0.25, -0.2) is 18.4 Å². The van der Waals surface area contributed by atoms with E-state index in [1.807, 2.05) is 0 Å². The molecule has 2 amide bonds. The van der Waals surface area contributed by atoms with Gasteiger partial charge in [0.2, 0.25) is 0 Å². The van der Waals surface area contributed by atoms with E-state index in [1.165, 1.54) is 0 Å². The first kappa shape index (κ1) is 15.8. The summed E-state index contributed by atoms with van der Waals surface area (Å²) < 4.78 is 31.0. The molecule has 0 unspecified atom stereocenters. The highest BCUT2D eigenvalue weighted by molar-refractivity contribution is 6.00. The first-order valence-electron chi connectivity index (χ1n) is 5.80. The molecule has 20 heavy (non-hydrogen) atoms. The average molecular weight is 288 g/mol. The number of benzene rings is 1. The molecule has 110 valence electrons. The van der Waals surface area contributed by atoms with Crippen LogP contribution in [0.3, 0.4) is 0 Å². The number of carboxylic acid groups (broad SMARTS) is 1. The number of hydrogen-bond acceptors (Lipinski definition) is 3. The van der Waals surface area contributed by atoms with Gasteiger partial charge in [0.05, 0.1) is 17.9 Å². The molecular formula is C12H14F2N2O4. The Labute approximate surface area is 113 Å². The molecule has 1 rings (SSSR count). The molecule has 0 bridgehead atoms. The van der Waals surface area contributed by atoms with Gasteiger partial charge in [0.1, 0.15) is 0 Å². The van der Waals surface area contributed by atoms with Gasteiger partial charge in [-0.15, -0.1) is 0 Å². The molecule has 0 atom stereocenters. The summed E-state index contributed by atoms with van der Waals surface area (Å²) in [6.07, 6.45) is 0. The molecule has 1 aromatic carbocycles. The van der Waals surface area contributed by atoms with Gasteiger partial charge in [-0.1, -0.05) is 0 Å². The second kappa shape index (κ2) is 7.39. The average Bonchev–Trinajstić information content (AvgIpc) is 2.38. The van der Waals surface area contributed by atoms with E-state index in [2.05, 4.69) is 10.6 Å². The molecule has 0 saturated carbocycles. The Kier molecular flexibility index (Phi) is 5.85. The fraction of sp³-hybridized carbons (Fsp3) is 0.333. The lowest BCUT2D eigenvalue weighted by atomic mass is 10.1. The molecular weight excluding hydrogens is 274 g/mol. The van der Waals surface area contributed by atoms with Crippen LogP contribution in [0.15, 0.2) is 12.1 Å². The number of carbonyl (C=O) groups excluding carboxylic acids is 1. The fourth-order valence-corrected chi connectivity index (χ4v) is 1.37. The number of hydrogen-bond donors (Lipinski definition) is 3. The van der Waals surface area contributed by atoms with E-state index < -0.39 is 29.2 Å².